The number of rotatable bonds is 6. The van der Waals surface area contributed by atoms with Gasteiger partial charge in [-0.15, -0.1) is 11.3 Å². The van der Waals surface area contributed by atoms with Gasteiger partial charge in [-0.1, -0.05) is 19.9 Å². The maximum absolute atomic E-state index is 11.5. The van der Waals surface area contributed by atoms with Crippen LogP contribution >= 0.6 is 11.3 Å². The van der Waals surface area contributed by atoms with E-state index in [1.54, 1.807) is 6.07 Å². The van der Waals surface area contributed by atoms with E-state index in [4.69, 9.17) is 0 Å². The molecular formula is C12H18N2O2S. The number of hydrogen-bond donors (Lipinski definition) is 2. The molecule has 0 fully saturated rings. The fourth-order valence-corrected chi connectivity index (χ4v) is 1.83. The van der Waals surface area contributed by atoms with Crippen LogP contribution in [-0.2, 0) is 4.79 Å². The highest BCUT2D eigenvalue weighted by atomic mass is 32.1. The molecule has 17 heavy (non-hydrogen) atoms. The Balaban J connectivity index is 2.15. The number of carbonyl (C=O) groups excluding carboxylic acids is 2. The van der Waals surface area contributed by atoms with Gasteiger partial charge in [0.2, 0.25) is 5.91 Å². The summed E-state index contributed by atoms with van der Waals surface area (Å²) in [5.74, 6) is 0.307. The van der Waals surface area contributed by atoms with Gasteiger partial charge >= 0.3 is 0 Å². The highest BCUT2D eigenvalue weighted by molar-refractivity contribution is 7.12. The molecule has 94 valence electrons. The van der Waals surface area contributed by atoms with E-state index in [1.807, 2.05) is 25.3 Å². The summed E-state index contributed by atoms with van der Waals surface area (Å²) >= 11 is 1.39. The maximum Gasteiger partial charge on any atom is 0.261 e. The second-order valence-electron chi connectivity index (χ2n) is 4.18. The number of thiophene rings is 1. The molecule has 0 aliphatic carbocycles. The Kier molecular flexibility index (Phi) is 5.69. The Bertz CT molecular complexity index is 361. The van der Waals surface area contributed by atoms with Crippen molar-refractivity contribution in [1.29, 1.82) is 0 Å². The summed E-state index contributed by atoms with van der Waals surface area (Å²) < 4.78 is 0. The smallest absolute Gasteiger partial charge is 0.261 e. The molecular weight excluding hydrogens is 236 g/mol. The first-order chi connectivity index (χ1) is 8.09. The number of carbonyl (C=O) groups is 2. The molecule has 1 aromatic rings. The van der Waals surface area contributed by atoms with Crippen molar-refractivity contribution in [1.82, 2.24) is 10.6 Å². The van der Waals surface area contributed by atoms with Crippen LogP contribution in [0.3, 0.4) is 0 Å². The molecule has 0 bridgehead atoms. The standard InChI is InChI=1S/C12H18N2O2S/c1-9(2)8-14-11(15)5-6-13-12(16)10-4-3-7-17-10/h3-4,7,9H,5-6,8H2,1-2H3,(H,13,16)(H,14,15). The van der Waals surface area contributed by atoms with Crippen LogP contribution in [0, 0.1) is 5.92 Å². The third-order valence-electron chi connectivity index (χ3n) is 2.09. The van der Waals surface area contributed by atoms with Crippen molar-refractivity contribution < 1.29 is 9.59 Å². The molecule has 0 aromatic carbocycles. The average Bonchev–Trinajstić information content (AvgIpc) is 2.79. The highest BCUT2D eigenvalue weighted by Gasteiger charge is 2.07. The molecule has 0 atom stereocenters. The summed E-state index contributed by atoms with van der Waals surface area (Å²) in [4.78, 5) is 23.6. The summed E-state index contributed by atoms with van der Waals surface area (Å²) in [5, 5.41) is 7.37. The van der Waals surface area contributed by atoms with Gasteiger partial charge in [0.15, 0.2) is 0 Å². The first-order valence-electron chi connectivity index (χ1n) is 5.68. The fourth-order valence-electron chi connectivity index (χ4n) is 1.19. The van der Waals surface area contributed by atoms with Gasteiger partial charge in [-0.3, -0.25) is 9.59 Å². The van der Waals surface area contributed by atoms with Gasteiger partial charge in [0.25, 0.3) is 5.91 Å². The molecule has 2 amide bonds. The van der Waals surface area contributed by atoms with Crippen LogP contribution in [0.25, 0.3) is 0 Å². The summed E-state index contributed by atoms with van der Waals surface area (Å²) in [6.07, 6.45) is 0.323. The van der Waals surface area contributed by atoms with Crippen LogP contribution in [0.1, 0.15) is 29.9 Å². The fraction of sp³-hybridized carbons (Fsp3) is 0.500. The molecule has 0 unspecified atom stereocenters. The second kappa shape index (κ2) is 7.06. The number of hydrogen-bond acceptors (Lipinski definition) is 3. The zero-order chi connectivity index (χ0) is 12.7. The molecule has 1 aromatic heterocycles. The van der Waals surface area contributed by atoms with E-state index in [1.165, 1.54) is 11.3 Å². The summed E-state index contributed by atoms with van der Waals surface area (Å²) in [6, 6.07) is 3.59. The average molecular weight is 254 g/mol. The monoisotopic (exact) mass is 254 g/mol. The molecule has 1 rings (SSSR count). The molecule has 0 saturated carbocycles. The lowest BCUT2D eigenvalue weighted by molar-refractivity contribution is -0.121. The zero-order valence-electron chi connectivity index (χ0n) is 10.2. The molecule has 0 aliphatic rings. The molecule has 0 aliphatic heterocycles. The third kappa shape index (κ3) is 5.49. The first kappa shape index (κ1) is 13.7. The number of nitrogens with one attached hydrogen (secondary N) is 2. The summed E-state index contributed by atoms with van der Waals surface area (Å²) in [7, 11) is 0. The van der Waals surface area contributed by atoms with Crippen LogP contribution in [0.5, 0.6) is 0 Å². The van der Waals surface area contributed by atoms with Crippen LogP contribution < -0.4 is 10.6 Å². The van der Waals surface area contributed by atoms with Crippen LogP contribution in [0.2, 0.25) is 0 Å². The van der Waals surface area contributed by atoms with Crippen LogP contribution in [-0.4, -0.2) is 24.9 Å². The van der Waals surface area contributed by atoms with Crippen molar-refractivity contribution in [2.45, 2.75) is 20.3 Å². The predicted molar refractivity (Wildman–Crippen MR) is 69.1 cm³/mol. The van der Waals surface area contributed by atoms with Crippen LogP contribution in [0.4, 0.5) is 0 Å². The maximum atomic E-state index is 11.5. The Morgan fingerprint density at radius 2 is 2.12 bits per heavy atom. The van der Waals surface area contributed by atoms with Gasteiger partial charge in [-0.2, -0.15) is 0 Å². The van der Waals surface area contributed by atoms with E-state index in [9.17, 15) is 9.59 Å². The predicted octanol–water partition coefficient (Wildman–Crippen LogP) is 1.64. The third-order valence-corrected chi connectivity index (χ3v) is 2.96. The molecule has 2 N–H and O–H groups in total. The van der Waals surface area contributed by atoms with Crippen molar-refractivity contribution in [3.05, 3.63) is 22.4 Å². The molecule has 0 saturated heterocycles. The zero-order valence-corrected chi connectivity index (χ0v) is 11.0. The largest absolute Gasteiger partial charge is 0.356 e. The van der Waals surface area contributed by atoms with Crippen molar-refractivity contribution in [2.24, 2.45) is 5.92 Å². The minimum absolute atomic E-state index is 0.0230. The Morgan fingerprint density at radius 3 is 2.71 bits per heavy atom. The van der Waals surface area contributed by atoms with E-state index in [0.717, 1.165) is 0 Å². The number of amides is 2. The van der Waals surface area contributed by atoms with E-state index in [0.29, 0.717) is 30.3 Å². The Morgan fingerprint density at radius 1 is 1.35 bits per heavy atom. The minimum atomic E-state index is -0.114. The lowest BCUT2D eigenvalue weighted by Gasteiger charge is -2.07. The van der Waals surface area contributed by atoms with Crippen LogP contribution in [0.15, 0.2) is 17.5 Å². The lowest BCUT2D eigenvalue weighted by Crippen LogP contribution is -2.32. The quantitative estimate of drug-likeness (QED) is 0.811. The van der Waals surface area contributed by atoms with Crippen molar-refractivity contribution in [2.75, 3.05) is 13.1 Å². The Hall–Kier alpha value is -1.36. The molecule has 5 heteroatoms. The SMILES string of the molecule is CC(C)CNC(=O)CCNC(=O)c1cccs1. The van der Waals surface area contributed by atoms with E-state index >= 15 is 0 Å². The molecule has 4 nitrogen and oxygen atoms in total. The minimum Gasteiger partial charge on any atom is -0.356 e. The van der Waals surface area contributed by atoms with Crippen molar-refractivity contribution in [3.63, 3.8) is 0 Å². The highest BCUT2D eigenvalue weighted by Crippen LogP contribution is 2.07. The molecule has 1 heterocycles. The van der Waals surface area contributed by atoms with Gasteiger partial charge in [0.1, 0.15) is 0 Å². The Labute approximate surface area is 105 Å². The van der Waals surface area contributed by atoms with Gasteiger partial charge < -0.3 is 10.6 Å². The van der Waals surface area contributed by atoms with Crippen molar-refractivity contribution in [3.8, 4) is 0 Å². The molecule has 0 radical (unpaired) electrons. The van der Waals surface area contributed by atoms with Gasteiger partial charge in [0, 0.05) is 19.5 Å². The second-order valence-corrected chi connectivity index (χ2v) is 5.13. The summed E-state index contributed by atoms with van der Waals surface area (Å²) in [6.45, 7) is 5.13. The summed E-state index contributed by atoms with van der Waals surface area (Å²) in [5.41, 5.74) is 0. The van der Waals surface area contributed by atoms with E-state index in [2.05, 4.69) is 10.6 Å². The van der Waals surface area contributed by atoms with Gasteiger partial charge in [0.05, 0.1) is 4.88 Å². The molecule has 0 spiro atoms. The lowest BCUT2D eigenvalue weighted by atomic mass is 10.2. The van der Waals surface area contributed by atoms with E-state index < -0.39 is 0 Å². The van der Waals surface area contributed by atoms with Crippen molar-refractivity contribution >= 4 is 23.2 Å². The van der Waals surface area contributed by atoms with Gasteiger partial charge in [-0.25, -0.2) is 0 Å². The topological polar surface area (TPSA) is 58.2 Å². The van der Waals surface area contributed by atoms with Gasteiger partial charge in [-0.05, 0) is 17.4 Å². The first-order valence-corrected chi connectivity index (χ1v) is 6.56. The van der Waals surface area contributed by atoms with E-state index in [-0.39, 0.29) is 11.8 Å². The normalized spacial score (nSPS) is 10.3.